The zero-order valence-corrected chi connectivity index (χ0v) is 11.3. The van der Waals surface area contributed by atoms with E-state index in [0.717, 1.165) is 0 Å². The van der Waals surface area contributed by atoms with Crippen LogP contribution in [0.15, 0.2) is 12.3 Å². The van der Waals surface area contributed by atoms with Gasteiger partial charge in [-0.25, -0.2) is 4.79 Å². The second-order valence-electron chi connectivity index (χ2n) is 4.00. The first-order chi connectivity index (χ1) is 8.99. The van der Waals surface area contributed by atoms with Gasteiger partial charge in [0.05, 0.1) is 18.9 Å². The molecule has 1 aromatic rings. The number of carbonyl (C=O) groups is 2. The number of hydrogen-bond acceptors (Lipinski definition) is 5. The smallest absolute Gasteiger partial charge is 0.355 e. The van der Waals surface area contributed by atoms with E-state index in [9.17, 15) is 9.59 Å². The van der Waals surface area contributed by atoms with Crippen LogP contribution in [-0.2, 0) is 21.3 Å². The first-order valence-electron chi connectivity index (χ1n) is 5.88. The summed E-state index contributed by atoms with van der Waals surface area (Å²) in [5.74, 6) is -0.811. The number of nitrogens with one attached hydrogen (secondary N) is 1. The number of anilines is 1. The van der Waals surface area contributed by atoms with Crippen LogP contribution in [0.5, 0.6) is 0 Å². The van der Waals surface area contributed by atoms with E-state index in [0.29, 0.717) is 18.0 Å². The Morgan fingerprint density at radius 2 is 2.21 bits per heavy atom. The molecule has 3 N–H and O–H groups in total. The molecule has 106 valence electrons. The second kappa shape index (κ2) is 6.91. The normalized spacial score (nSPS) is 12.0. The lowest BCUT2D eigenvalue weighted by Crippen LogP contribution is -2.39. The van der Waals surface area contributed by atoms with Gasteiger partial charge in [0.15, 0.2) is 0 Å². The van der Waals surface area contributed by atoms with E-state index in [1.807, 2.05) is 0 Å². The molecule has 7 heteroatoms. The Labute approximate surface area is 111 Å². The standard InChI is InChI=1S/C12H19N3O4/c1-4-19-12(17)10-5-8(6-15(10)2)14-11(16)9(13)7-18-3/h5-6,9H,4,7,13H2,1-3H3,(H,14,16). The zero-order chi connectivity index (χ0) is 14.4. The molecular weight excluding hydrogens is 250 g/mol. The molecule has 0 spiro atoms. The minimum Gasteiger partial charge on any atom is -0.461 e. The van der Waals surface area contributed by atoms with Crippen LogP contribution in [0.25, 0.3) is 0 Å². The van der Waals surface area contributed by atoms with E-state index in [2.05, 4.69) is 5.32 Å². The van der Waals surface area contributed by atoms with Gasteiger partial charge < -0.3 is 25.1 Å². The lowest BCUT2D eigenvalue weighted by molar-refractivity contribution is -0.118. The number of nitrogens with two attached hydrogens (primary N) is 1. The van der Waals surface area contributed by atoms with Crippen LogP contribution >= 0.6 is 0 Å². The first-order valence-corrected chi connectivity index (χ1v) is 5.88. The number of nitrogens with zero attached hydrogens (tertiary/aromatic N) is 1. The highest BCUT2D eigenvalue weighted by Gasteiger charge is 2.17. The van der Waals surface area contributed by atoms with Crippen LogP contribution in [0.3, 0.4) is 0 Å². The minimum atomic E-state index is -0.753. The molecule has 1 aromatic heterocycles. The Hall–Kier alpha value is -1.86. The molecule has 7 nitrogen and oxygen atoms in total. The van der Waals surface area contributed by atoms with Gasteiger partial charge in [0.25, 0.3) is 0 Å². The molecule has 0 aliphatic rings. The van der Waals surface area contributed by atoms with Crippen molar-refractivity contribution in [1.82, 2.24) is 4.57 Å². The van der Waals surface area contributed by atoms with E-state index in [1.54, 1.807) is 24.7 Å². The average Bonchev–Trinajstić information content (AvgIpc) is 2.70. The van der Waals surface area contributed by atoms with E-state index >= 15 is 0 Å². The molecular formula is C12H19N3O4. The fourth-order valence-electron chi connectivity index (χ4n) is 1.53. The molecule has 0 aliphatic carbocycles. The highest BCUT2D eigenvalue weighted by molar-refractivity contribution is 5.96. The quantitative estimate of drug-likeness (QED) is 0.715. The minimum absolute atomic E-state index is 0.128. The van der Waals surface area contributed by atoms with Crippen LogP contribution in [0.4, 0.5) is 5.69 Å². The molecule has 0 fully saturated rings. The number of amides is 1. The number of rotatable bonds is 6. The highest BCUT2D eigenvalue weighted by Crippen LogP contribution is 2.14. The van der Waals surface area contributed by atoms with Crippen molar-refractivity contribution in [2.24, 2.45) is 12.8 Å². The molecule has 1 amide bonds. The molecule has 0 aliphatic heterocycles. The Bertz CT molecular complexity index is 456. The van der Waals surface area contributed by atoms with Crippen molar-refractivity contribution in [3.63, 3.8) is 0 Å². The fraction of sp³-hybridized carbons (Fsp3) is 0.500. The van der Waals surface area contributed by atoms with Crippen molar-refractivity contribution in [2.75, 3.05) is 25.6 Å². The maximum Gasteiger partial charge on any atom is 0.355 e. The Balaban J connectivity index is 2.73. The van der Waals surface area contributed by atoms with Gasteiger partial charge in [-0.3, -0.25) is 4.79 Å². The van der Waals surface area contributed by atoms with Gasteiger partial charge in [-0.1, -0.05) is 0 Å². The zero-order valence-electron chi connectivity index (χ0n) is 11.3. The van der Waals surface area contributed by atoms with Gasteiger partial charge in [-0.15, -0.1) is 0 Å². The number of hydrogen-bond donors (Lipinski definition) is 2. The Kier molecular flexibility index (Phi) is 5.53. The number of carbonyl (C=O) groups excluding carboxylic acids is 2. The average molecular weight is 269 g/mol. The lowest BCUT2D eigenvalue weighted by atomic mass is 10.3. The van der Waals surface area contributed by atoms with Crippen molar-refractivity contribution in [3.8, 4) is 0 Å². The third-order valence-corrected chi connectivity index (χ3v) is 2.44. The molecule has 0 radical (unpaired) electrons. The summed E-state index contributed by atoms with van der Waals surface area (Å²) in [6, 6.07) is 0.784. The third kappa shape index (κ3) is 4.08. The Morgan fingerprint density at radius 1 is 1.53 bits per heavy atom. The van der Waals surface area contributed by atoms with Gasteiger partial charge in [0.2, 0.25) is 5.91 Å². The molecule has 0 aromatic carbocycles. The van der Waals surface area contributed by atoms with Crippen molar-refractivity contribution >= 4 is 17.6 Å². The maximum atomic E-state index is 11.7. The summed E-state index contributed by atoms with van der Waals surface area (Å²) in [5.41, 5.74) is 6.44. The third-order valence-electron chi connectivity index (χ3n) is 2.44. The van der Waals surface area contributed by atoms with E-state index < -0.39 is 12.0 Å². The predicted molar refractivity (Wildman–Crippen MR) is 69.9 cm³/mol. The number of aryl methyl sites for hydroxylation is 1. The van der Waals surface area contributed by atoms with Crippen LogP contribution < -0.4 is 11.1 Å². The van der Waals surface area contributed by atoms with Crippen LogP contribution in [-0.4, -0.2) is 42.8 Å². The van der Waals surface area contributed by atoms with Crippen molar-refractivity contribution in [1.29, 1.82) is 0 Å². The van der Waals surface area contributed by atoms with Crippen molar-refractivity contribution in [3.05, 3.63) is 18.0 Å². The summed E-state index contributed by atoms with van der Waals surface area (Å²) < 4.78 is 11.3. The topological polar surface area (TPSA) is 95.6 Å². The summed E-state index contributed by atoms with van der Waals surface area (Å²) in [6.45, 7) is 2.15. The molecule has 1 atom stereocenters. The summed E-state index contributed by atoms with van der Waals surface area (Å²) >= 11 is 0. The second-order valence-corrected chi connectivity index (χ2v) is 4.00. The van der Waals surface area contributed by atoms with Crippen molar-refractivity contribution in [2.45, 2.75) is 13.0 Å². The van der Waals surface area contributed by atoms with E-state index in [1.165, 1.54) is 13.2 Å². The summed E-state index contributed by atoms with van der Waals surface area (Å²) in [6.07, 6.45) is 1.61. The van der Waals surface area contributed by atoms with Gasteiger partial charge in [-0.2, -0.15) is 0 Å². The van der Waals surface area contributed by atoms with Crippen LogP contribution in [0.2, 0.25) is 0 Å². The first kappa shape index (κ1) is 15.2. The van der Waals surface area contributed by atoms with E-state index in [4.69, 9.17) is 15.2 Å². The SMILES string of the molecule is CCOC(=O)c1cc(NC(=O)C(N)COC)cn1C. The van der Waals surface area contributed by atoms with Crippen LogP contribution in [0, 0.1) is 0 Å². The summed E-state index contributed by atoms with van der Waals surface area (Å²) in [7, 11) is 3.16. The highest BCUT2D eigenvalue weighted by atomic mass is 16.5. The lowest BCUT2D eigenvalue weighted by Gasteiger charge is -2.09. The number of methoxy groups -OCH3 is 1. The van der Waals surface area contributed by atoms with Gasteiger partial charge >= 0.3 is 5.97 Å². The number of ether oxygens (including phenoxy) is 2. The van der Waals surface area contributed by atoms with Crippen LogP contribution in [0.1, 0.15) is 17.4 Å². The fourth-order valence-corrected chi connectivity index (χ4v) is 1.53. The van der Waals surface area contributed by atoms with Crippen molar-refractivity contribution < 1.29 is 19.1 Å². The van der Waals surface area contributed by atoms with E-state index in [-0.39, 0.29) is 12.5 Å². The Morgan fingerprint density at radius 3 is 2.79 bits per heavy atom. The molecule has 0 bridgehead atoms. The molecule has 1 heterocycles. The van der Waals surface area contributed by atoms with Gasteiger partial charge in [-0.05, 0) is 13.0 Å². The molecule has 19 heavy (non-hydrogen) atoms. The van der Waals surface area contributed by atoms with Gasteiger partial charge in [0.1, 0.15) is 11.7 Å². The molecule has 1 rings (SSSR count). The number of aromatic nitrogens is 1. The summed E-state index contributed by atoms with van der Waals surface area (Å²) in [4.78, 5) is 23.3. The molecule has 0 saturated heterocycles. The number of esters is 1. The molecule has 0 saturated carbocycles. The summed E-state index contributed by atoms with van der Waals surface area (Å²) in [5, 5.41) is 2.61. The monoisotopic (exact) mass is 269 g/mol. The molecule has 1 unspecified atom stereocenters. The maximum absolute atomic E-state index is 11.7. The predicted octanol–water partition coefficient (Wildman–Crippen LogP) is 0.114. The van der Waals surface area contributed by atoms with Gasteiger partial charge in [0, 0.05) is 20.4 Å². The largest absolute Gasteiger partial charge is 0.461 e.